The summed E-state index contributed by atoms with van der Waals surface area (Å²) in [5, 5.41) is 0.608. The molecule has 1 aliphatic rings. The number of alkyl halides is 2. The normalized spacial score (nSPS) is 19.4. The van der Waals surface area contributed by atoms with Crippen LogP contribution in [0.2, 0.25) is 5.02 Å². The average molecular weight is 279 g/mol. The van der Waals surface area contributed by atoms with Gasteiger partial charge in [-0.1, -0.05) is 17.7 Å². The number of fused-ring (bicyclic) bond motifs is 1. The molecule has 0 aliphatic carbocycles. The van der Waals surface area contributed by atoms with E-state index in [0.29, 0.717) is 5.02 Å². The fourth-order valence-corrected chi connectivity index (χ4v) is 3.33. The first kappa shape index (κ1) is 13.1. The Hall–Kier alpha value is -0.320. The van der Waals surface area contributed by atoms with Crippen LogP contribution in [0.4, 0.5) is 8.78 Å². The Balaban J connectivity index is 2.22. The molecule has 1 atom stereocenters. The Kier molecular flexibility index (Phi) is 4.65. The molecule has 17 heavy (non-hydrogen) atoms. The molecule has 1 aromatic carbocycles. The smallest absolute Gasteiger partial charge is 0.118 e. The standard InChI is InChI=1S/C12H13ClF2OS/c13-9-2-1-3-11-12(9)10(4-5-17-11)16-8(6-14)7-15/h1-3,8,10H,4-7H2. The van der Waals surface area contributed by atoms with Crippen LogP contribution in [0.1, 0.15) is 18.1 Å². The Morgan fingerprint density at radius 2 is 2.18 bits per heavy atom. The third-order valence-corrected chi connectivity index (χ3v) is 4.11. The molecule has 0 radical (unpaired) electrons. The molecular formula is C12H13ClF2OS. The van der Waals surface area contributed by atoms with Gasteiger partial charge in [0.05, 0.1) is 6.10 Å². The molecule has 2 rings (SSSR count). The predicted octanol–water partition coefficient (Wildman–Crippen LogP) is 4.20. The molecule has 0 fully saturated rings. The van der Waals surface area contributed by atoms with Crippen LogP contribution in [0.25, 0.3) is 0 Å². The van der Waals surface area contributed by atoms with Crippen molar-refractivity contribution in [2.45, 2.75) is 23.5 Å². The van der Waals surface area contributed by atoms with Crippen LogP contribution in [0.15, 0.2) is 23.1 Å². The minimum absolute atomic E-state index is 0.295. The van der Waals surface area contributed by atoms with Crippen LogP contribution >= 0.6 is 23.4 Å². The van der Waals surface area contributed by atoms with E-state index in [0.717, 1.165) is 22.6 Å². The van der Waals surface area contributed by atoms with Crippen LogP contribution in [0, 0.1) is 0 Å². The van der Waals surface area contributed by atoms with E-state index >= 15 is 0 Å². The minimum Gasteiger partial charge on any atom is -0.365 e. The summed E-state index contributed by atoms with van der Waals surface area (Å²) in [4.78, 5) is 1.05. The van der Waals surface area contributed by atoms with Crippen molar-refractivity contribution in [1.82, 2.24) is 0 Å². The first-order valence-electron chi connectivity index (χ1n) is 5.45. The van der Waals surface area contributed by atoms with E-state index in [1.54, 1.807) is 17.8 Å². The number of ether oxygens (including phenoxy) is 1. The molecule has 1 unspecified atom stereocenters. The van der Waals surface area contributed by atoms with Crippen molar-refractivity contribution in [1.29, 1.82) is 0 Å². The first-order valence-corrected chi connectivity index (χ1v) is 6.81. The quantitative estimate of drug-likeness (QED) is 0.816. The van der Waals surface area contributed by atoms with Gasteiger partial charge in [-0.25, -0.2) is 8.78 Å². The van der Waals surface area contributed by atoms with E-state index in [9.17, 15) is 8.78 Å². The molecule has 1 nitrogen and oxygen atoms in total. The number of benzene rings is 1. The lowest BCUT2D eigenvalue weighted by Crippen LogP contribution is -2.23. The minimum atomic E-state index is -0.979. The van der Waals surface area contributed by atoms with Crippen molar-refractivity contribution in [2.75, 3.05) is 19.1 Å². The van der Waals surface area contributed by atoms with Crippen LogP contribution in [0.5, 0.6) is 0 Å². The van der Waals surface area contributed by atoms with E-state index < -0.39 is 19.5 Å². The zero-order valence-corrected chi connectivity index (χ0v) is 10.7. The van der Waals surface area contributed by atoms with Gasteiger partial charge >= 0.3 is 0 Å². The number of hydrogen-bond acceptors (Lipinski definition) is 2. The van der Waals surface area contributed by atoms with Crippen LogP contribution in [-0.4, -0.2) is 25.2 Å². The Morgan fingerprint density at radius 3 is 2.88 bits per heavy atom. The second kappa shape index (κ2) is 6.03. The third kappa shape index (κ3) is 2.92. The zero-order valence-electron chi connectivity index (χ0n) is 9.17. The molecular weight excluding hydrogens is 266 g/mol. The largest absolute Gasteiger partial charge is 0.365 e. The van der Waals surface area contributed by atoms with Gasteiger partial charge in [-0.3, -0.25) is 0 Å². The van der Waals surface area contributed by atoms with E-state index in [4.69, 9.17) is 16.3 Å². The Labute approximate surface area is 108 Å². The summed E-state index contributed by atoms with van der Waals surface area (Å²) < 4.78 is 30.4. The van der Waals surface area contributed by atoms with Gasteiger partial charge in [0.15, 0.2) is 0 Å². The van der Waals surface area contributed by atoms with Crippen molar-refractivity contribution in [3.05, 3.63) is 28.8 Å². The van der Waals surface area contributed by atoms with Crippen molar-refractivity contribution in [2.24, 2.45) is 0 Å². The first-order chi connectivity index (χ1) is 8.26. The predicted molar refractivity (Wildman–Crippen MR) is 66.4 cm³/mol. The fourth-order valence-electron chi connectivity index (χ4n) is 1.86. The summed E-state index contributed by atoms with van der Waals surface area (Å²) in [6, 6.07) is 5.61. The Bertz CT molecular complexity index is 385. The van der Waals surface area contributed by atoms with Crippen molar-refractivity contribution in [3.8, 4) is 0 Å². The third-order valence-electron chi connectivity index (χ3n) is 2.67. The molecule has 1 heterocycles. The number of halogens is 3. The molecule has 1 aliphatic heterocycles. The summed E-state index contributed by atoms with van der Waals surface area (Å²) in [6.07, 6.45) is -0.540. The van der Waals surface area contributed by atoms with Crippen LogP contribution < -0.4 is 0 Å². The zero-order chi connectivity index (χ0) is 12.3. The van der Waals surface area contributed by atoms with E-state index in [1.807, 2.05) is 12.1 Å². The SMILES string of the molecule is FCC(CF)OC1CCSc2cccc(Cl)c21. The summed E-state index contributed by atoms with van der Waals surface area (Å²) in [7, 11) is 0. The number of rotatable bonds is 4. The van der Waals surface area contributed by atoms with Crippen molar-refractivity contribution >= 4 is 23.4 Å². The monoisotopic (exact) mass is 278 g/mol. The molecule has 0 saturated heterocycles. The molecule has 0 aromatic heterocycles. The molecule has 0 spiro atoms. The second-order valence-electron chi connectivity index (χ2n) is 3.84. The van der Waals surface area contributed by atoms with Crippen LogP contribution in [0.3, 0.4) is 0 Å². The summed E-state index contributed by atoms with van der Waals surface area (Å²) >= 11 is 7.82. The summed E-state index contributed by atoms with van der Waals surface area (Å²) in [5.41, 5.74) is 0.873. The second-order valence-corrected chi connectivity index (χ2v) is 5.39. The lowest BCUT2D eigenvalue weighted by molar-refractivity contribution is -0.0391. The van der Waals surface area contributed by atoms with Gasteiger partial charge in [-0.2, -0.15) is 0 Å². The highest BCUT2D eigenvalue weighted by Gasteiger charge is 2.26. The molecule has 0 N–H and O–H groups in total. The van der Waals surface area contributed by atoms with Gasteiger partial charge < -0.3 is 4.74 Å². The van der Waals surface area contributed by atoms with Crippen molar-refractivity contribution < 1.29 is 13.5 Å². The summed E-state index contributed by atoms with van der Waals surface area (Å²) in [6.45, 7) is -1.61. The van der Waals surface area contributed by atoms with Crippen LogP contribution in [-0.2, 0) is 4.74 Å². The number of thioether (sulfide) groups is 1. The molecule has 0 amide bonds. The Morgan fingerprint density at radius 1 is 1.41 bits per heavy atom. The maximum absolute atomic E-state index is 12.5. The fraction of sp³-hybridized carbons (Fsp3) is 0.500. The van der Waals surface area contributed by atoms with E-state index in [-0.39, 0.29) is 6.10 Å². The maximum Gasteiger partial charge on any atom is 0.118 e. The highest BCUT2D eigenvalue weighted by molar-refractivity contribution is 7.99. The highest BCUT2D eigenvalue weighted by Crippen LogP contribution is 2.42. The topological polar surface area (TPSA) is 9.23 Å². The van der Waals surface area contributed by atoms with Crippen molar-refractivity contribution in [3.63, 3.8) is 0 Å². The highest BCUT2D eigenvalue weighted by atomic mass is 35.5. The van der Waals surface area contributed by atoms with Gasteiger partial charge in [-0.05, 0) is 18.6 Å². The molecule has 0 saturated carbocycles. The molecule has 94 valence electrons. The molecule has 5 heteroatoms. The van der Waals surface area contributed by atoms with Gasteiger partial charge in [0.2, 0.25) is 0 Å². The van der Waals surface area contributed by atoms with Gasteiger partial charge in [0, 0.05) is 21.2 Å². The molecule has 0 bridgehead atoms. The maximum atomic E-state index is 12.5. The average Bonchev–Trinajstić information content (AvgIpc) is 2.36. The van der Waals surface area contributed by atoms with Gasteiger partial charge in [0.25, 0.3) is 0 Å². The number of hydrogen-bond donors (Lipinski definition) is 0. The van der Waals surface area contributed by atoms with E-state index in [2.05, 4.69) is 0 Å². The lowest BCUT2D eigenvalue weighted by atomic mass is 10.1. The molecule has 1 aromatic rings. The summed E-state index contributed by atoms with van der Waals surface area (Å²) in [5.74, 6) is 0.878. The van der Waals surface area contributed by atoms with Gasteiger partial charge in [0.1, 0.15) is 19.5 Å². The van der Waals surface area contributed by atoms with Gasteiger partial charge in [-0.15, -0.1) is 11.8 Å². The lowest BCUT2D eigenvalue weighted by Gasteiger charge is -2.28. The van der Waals surface area contributed by atoms with E-state index in [1.165, 1.54) is 0 Å².